The zero-order chi connectivity index (χ0) is 10.7. The van der Waals surface area contributed by atoms with E-state index in [4.69, 9.17) is 4.74 Å². The third-order valence-electron chi connectivity index (χ3n) is 2.48. The van der Waals surface area contributed by atoms with Crippen molar-refractivity contribution in [2.75, 3.05) is 31.2 Å². The number of aldehydes is 1. The minimum absolute atomic E-state index is 0.655. The molecule has 0 aliphatic carbocycles. The lowest BCUT2D eigenvalue weighted by molar-refractivity contribution is 0.111. The number of hydrogen-bond donors (Lipinski definition) is 0. The summed E-state index contributed by atoms with van der Waals surface area (Å²) in [6.07, 6.45) is 0.858. The highest BCUT2D eigenvalue weighted by Gasteiger charge is 2.15. The van der Waals surface area contributed by atoms with E-state index in [1.807, 2.05) is 19.1 Å². The maximum atomic E-state index is 10.9. The van der Waals surface area contributed by atoms with E-state index in [1.165, 1.54) is 0 Å². The molecule has 0 spiro atoms. The Labute approximate surface area is 88.9 Å². The summed E-state index contributed by atoms with van der Waals surface area (Å²) in [6.45, 7) is 4.94. The minimum atomic E-state index is 0.655. The van der Waals surface area contributed by atoms with Gasteiger partial charge in [0.2, 0.25) is 0 Å². The van der Waals surface area contributed by atoms with Crippen LogP contribution in [0.25, 0.3) is 0 Å². The first kappa shape index (κ1) is 10.1. The molecule has 1 saturated heterocycles. The van der Waals surface area contributed by atoms with E-state index in [2.05, 4.69) is 9.88 Å². The summed E-state index contributed by atoms with van der Waals surface area (Å²) < 4.78 is 5.27. The summed E-state index contributed by atoms with van der Waals surface area (Å²) in [5, 5.41) is 0. The summed E-state index contributed by atoms with van der Waals surface area (Å²) in [4.78, 5) is 17.4. The normalized spacial score (nSPS) is 16.5. The van der Waals surface area contributed by atoms with Crippen molar-refractivity contribution in [2.45, 2.75) is 6.92 Å². The largest absolute Gasteiger partial charge is 0.378 e. The molecule has 4 nitrogen and oxygen atoms in total. The van der Waals surface area contributed by atoms with Gasteiger partial charge in [0.25, 0.3) is 0 Å². The first-order chi connectivity index (χ1) is 7.31. The zero-order valence-corrected chi connectivity index (χ0v) is 8.77. The van der Waals surface area contributed by atoms with Crippen molar-refractivity contribution < 1.29 is 9.53 Å². The first-order valence-electron chi connectivity index (χ1n) is 5.07. The summed E-state index contributed by atoms with van der Waals surface area (Å²) in [5.41, 5.74) is 1.59. The second-order valence-corrected chi connectivity index (χ2v) is 3.58. The summed E-state index contributed by atoms with van der Waals surface area (Å²) in [5.74, 6) is 0.785. The van der Waals surface area contributed by atoms with Crippen molar-refractivity contribution in [2.24, 2.45) is 0 Å². The summed E-state index contributed by atoms with van der Waals surface area (Å²) >= 11 is 0. The molecular weight excluding hydrogens is 192 g/mol. The van der Waals surface area contributed by atoms with E-state index in [0.717, 1.165) is 30.9 Å². The average Bonchev–Trinajstić information content (AvgIpc) is 2.30. The Morgan fingerprint density at radius 2 is 2.13 bits per heavy atom. The van der Waals surface area contributed by atoms with Crippen molar-refractivity contribution in [1.29, 1.82) is 0 Å². The molecule has 0 saturated carbocycles. The fourth-order valence-electron chi connectivity index (χ4n) is 1.67. The van der Waals surface area contributed by atoms with Crippen LogP contribution in [0.5, 0.6) is 0 Å². The summed E-state index contributed by atoms with van der Waals surface area (Å²) in [6, 6.07) is 3.67. The molecule has 2 rings (SSSR count). The van der Waals surface area contributed by atoms with Gasteiger partial charge in [-0.05, 0) is 19.1 Å². The fraction of sp³-hybridized carbons (Fsp3) is 0.455. The van der Waals surface area contributed by atoms with Gasteiger partial charge in [0.05, 0.1) is 18.8 Å². The molecule has 0 radical (unpaired) electrons. The topological polar surface area (TPSA) is 42.4 Å². The molecule has 0 N–H and O–H groups in total. The van der Waals surface area contributed by atoms with E-state index >= 15 is 0 Å². The van der Waals surface area contributed by atoms with E-state index < -0.39 is 0 Å². The number of aromatic nitrogens is 1. The van der Waals surface area contributed by atoms with Gasteiger partial charge in [-0.15, -0.1) is 0 Å². The second-order valence-electron chi connectivity index (χ2n) is 3.58. The fourth-order valence-corrected chi connectivity index (χ4v) is 1.67. The Bertz CT molecular complexity index is 360. The highest BCUT2D eigenvalue weighted by molar-refractivity contribution is 5.82. The van der Waals surface area contributed by atoms with Gasteiger partial charge in [-0.2, -0.15) is 0 Å². The first-order valence-corrected chi connectivity index (χ1v) is 5.07. The molecule has 0 atom stereocenters. The minimum Gasteiger partial charge on any atom is -0.378 e. The predicted octanol–water partition coefficient (Wildman–Crippen LogP) is 1.04. The number of hydrogen-bond acceptors (Lipinski definition) is 4. The van der Waals surface area contributed by atoms with E-state index in [9.17, 15) is 4.79 Å². The van der Waals surface area contributed by atoms with Gasteiger partial charge >= 0.3 is 0 Å². The molecule has 0 unspecified atom stereocenters. The van der Waals surface area contributed by atoms with Gasteiger partial charge in [0.15, 0.2) is 6.29 Å². The Hall–Kier alpha value is -1.42. The van der Waals surface area contributed by atoms with Crippen molar-refractivity contribution in [3.63, 3.8) is 0 Å². The molecule has 1 fully saturated rings. The van der Waals surface area contributed by atoms with E-state index in [0.29, 0.717) is 18.8 Å². The molecule has 2 heterocycles. The van der Waals surface area contributed by atoms with Crippen LogP contribution < -0.4 is 4.90 Å². The predicted molar refractivity (Wildman–Crippen MR) is 57.4 cm³/mol. The number of morpholine rings is 1. The number of carbonyl (C=O) groups is 1. The standard InChI is InChI=1S/C11H14N2O2/c1-9-2-3-10(8-14)11(12-9)13-4-6-15-7-5-13/h2-3,8H,4-7H2,1H3. The Morgan fingerprint density at radius 1 is 1.40 bits per heavy atom. The average molecular weight is 206 g/mol. The maximum Gasteiger partial charge on any atom is 0.153 e. The lowest BCUT2D eigenvalue weighted by Gasteiger charge is -2.28. The van der Waals surface area contributed by atoms with Crippen LogP contribution in [0, 0.1) is 6.92 Å². The number of carbonyl (C=O) groups excluding carboxylic acids is 1. The lowest BCUT2D eigenvalue weighted by atomic mass is 10.2. The van der Waals surface area contributed by atoms with Crippen LogP contribution in [0.15, 0.2) is 12.1 Å². The molecule has 1 aliphatic heterocycles. The van der Waals surface area contributed by atoms with Crippen LogP contribution in [-0.4, -0.2) is 37.6 Å². The number of nitrogens with zero attached hydrogens (tertiary/aromatic N) is 2. The molecule has 0 bridgehead atoms. The monoisotopic (exact) mass is 206 g/mol. The molecular formula is C11H14N2O2. The molecule has 0 amide bonds. The van der Waals surface area contributed by atoms with Gasteiger partial charge in [0.1, 0.15) is 5.82 Å². The number of pyridine rings is 1. The SMILES string of the molecule is Cc1ccc(C=O)c(N2CCOCC2)n1. The number of anilines is 1. The lowest BCUT2D eigenvalue weighted by Crippen LogP contribution is -2.37. The van der Waals surface area contributed by atoms with E-state index in [-0.39, 0.29) is 0 Å². The third-order valence-corrected chi connectivity index (χ3v) is 2.48. The zero-order valence-electron chi connectivity index (χ0n) is 8.77. The van der Waals surface area contributed by atoms with Gasteiger partial charge in [-0.1, -0.05) is 0 Å². The summed E-state index contributed by atoms with van der Waals surface area (Å²) in [7, 11) is 0. The number of ether oxygens (including phenoxy) is 1. The van der Waals surface area contributed by atoms with Crippen molar-refractivity contribution in [3.05, 3.63) is 23.4 Å². The molecule has 80 valence electrons. The van der Waals surface area contributed by atoms with Crippen LogP contribution in [0.4, 0.5) is 5.82 Å². The van der Waals surface area contributed by atoms with E-state index in [1.54, 1.807) is 0 Å². The van der Waals surface area contributed by atoms with Crippen molar-refractivity contribution in [1.82, 2.24) is 4.98 Å². The van der Waals surface area contributed by atoms with Crippen LogP contribution in [0.1, 0.15) is 16.1 Å². The number of rotatable bonds is 2. The van der Waals surface area contributed by atoms with Crippen molar-refractivity contribution in [3.8, 4) is 0 Å². The Balaban J connectivity index is 2.31. The van der Waals surface area contributed by atoms with Gasteiger partial charge in [-0.25, -0.2) is 4.98 Å². The van der Waals surface area contributed by atoms with Gasteiger partial charge in [-0.3, -0.25) is 4.79 Å². The van der Waals surface area contributed by atoms with Crippen LogP contribution in [-0.2, 0) is 4.74 Å². The van der Waals surface area contributed by atoms with Gasteiger partial charge < -0.3 is 9.64 Å². The Morgan fingerprint density at radius 3 is 2.80 bits per heavy atom. The smallest absolute Gasteiger partial charge is 0.153 e. The highest BCUT2D eigenvalue weighted by Crippen LogP contribution is 2.17. The van der Waals surface area contributed by atoms with Gasteiger partial charge in [0, 0.05) is 18.8 Å². The van der Waals surface area contributed by atoms with Crippen LogP contribution >= 0.6 is 0 Å². The van der Waals surface area contributed by atoms with Crippen LogP contribution in [0.2, 0.25) is 0 Å². The maximum absolute atomic E-state index is 10.9. The quantitative estimate of drug-likeness (QED) is 0.678. The third kappa shape index (κ3) is 2.15. The molecule has 0 aromatic carbocycles. The Kier molecular flexibility index (Phi) is 2.97. The molecule has 1 aliphatic rings. The van der Waals surface area contributed by atoms with Crippen LogP contribution in [0.3, 0.4) is 0 Å². The molecule has 1 aromatic rings. The highest BCUT2D eigenvalue weighted by atomic mass is 16.5. The second kappa shape index (κ2) is 4.40. The number of aryl methyl sites for hydroxylation is 1. The molecule has 4 heteroatoms. The molecule has 1 aromatic heterocycles. The molecule has 15 heavy (non-hydrogen) atoms. The van der Waals surface area contributed by atoms with Crippen molar-refractivity contribution >= 4 is 12.1 Å².